The molecule has 0 heterocycles. The van der Waals surface area contributed by atoms with Crippen molar-refractivity contribution in [1.29, 1.82) is 0 Å². The normalized spacial score (nSPS) is 36.4. The zero-order valence-corrected chi connectivity index (χ0v) is 25.6. The molecule has 5 heteroatoms. The van der Waals surface area contributed by atoms with Crippen LogP contribution in [0.15, 0.2) is 11.6 Å². The lowest BCUT2D eigenvalue weighted by atomic mass is 9.47. The van der Waals surface area contributed by atoms with Gasteiger partial charge >= 0.3 is 12.1 Å². The van der Waals surface area contributed by atoms with E-state index in [1.54, 1.807) is 5.57 Å². The third-order valence-electron chi connectivity index (χ3n) is 11.9. The number of alkyl carbamates (subject to hydrolysis) is 1. The molecule has 39 heavy (non-hydrogen) atoms. The first-order valence-corrected chi connectivity index (χ1v) is 16.4. The minimum absolute atomic E-state index is 0.0238. The van der Waals surface area contributed by atoms with Crippen LogP contribution < -0.4 is 5.32 Å². The molecule has 0 saturated heterocycles. The van der Waals surface area contributed by atoms with Gasteiger partial charge in [0.2, 0.25) is 0 Å². The Labute approximate surface area is 238 Å². The second-order valence-electron chi connectivity index (χ2n) is 14.7. The van der Waals surface area contributed by atoms with Gasteiger partial charge in [0.1, 0.15) is 6.10 Å². The number of aliphatic carboxylic acids is 1. The van der Waals surface area contributed by atoms with Crippen LogP contribution >= 0.6 is 0 Å². The zero-order valence-electron chi connectivity index (χ0n) is 25.6. The van der Waals surface area contributed by atoms with Gasteiger partial charge in [-0.05, 0) is 104 Å². The number of ether oxygens (including phenoxy) is 1. The minimum Gasteiger partial charge on any atom is -0.481 e. The predicted octanol–water partition coefficient (Wildman–Crippen LogP) is 8.77. The van der Waals surface area contributed by atoms with Crippen molar-refractivity contribution < 1.29 is 19.4 Å². The van der Waals surface area contributed by atoms with E-state index < -0.39 is 5.97 Å². The fourth-order valence-corrected chi connectivity index (χ4v) is 9.71. The molecule has 0 spiro atoms. The molecule has 2 N–H and O–H groups in total. The number of rotatable bonds is 12. The number of allylic oxidation sites excluding steroid dienone is 1. The summed E-state index contributed by atoms with van der Waals surface area (Å²) in [6, 6.07) is 0. The molecule has 0 radical (unpaired) electrons. The van der Waals surface area contributed by atoms with Gasteiger partial charge in [-0.2, -0.15) is 0 Å². The second kappa shape index (κ2) is 13.0. The van der Waals surface area contributed by atoms with E-state index in [0.717, 1.165) is 67.6 Å². The van der Waals surface area contributed by atoms with Gasteiger partial charge in [0, 0.05) is 19.4 Å². The first kappa shape index (κ1) is 30.4. The summed E-state index contributed by atoms with van der Waals surface area (Å²) in [6.07, 6.45) is 18.7. The third kappa shape index (κ3) is 6.87. The van der Waals surface area contributed by atoms with Crippen molar-refractivity contribution in [2.45, 2.75) is 137 Å². The molecular weight excluding hydrogens is 486 g/mol. The number of hydrogen-bond donors (Lipinski definition) is 2. The summed E-state index contributed by atoms with van der Waals surface area (Å²) in [6.45, 7) is 13.0. The summed E-state index contributed by atoms with van der Waals surface area (Å²) in [5.74, 6) is 4.29. The van der Waals surface area contributed by atoms with E-state index in [1.807, 2.05) is 0 Å². The lowest BCUT2D eigenvalue weighted by Gasteiger charge is -2.58. The van der Waals surface area contributed by atoms with E-state index in [0.29, 0.717) is 18.4 Å². The number of carbonyl (C=O) groups is 2. The number of nitrogens with one attached hydrogen (secondary N) is 1. The quantitative estimate of drug-likeness (QED) is 0.190. The van der Waals surface area contributed by atoms with Gasteiger partial charge in [-0.15, -0.1) is 0 Å². The Morgan fingerprint density at radius 1 is 1.00 bits per heavy atom. The van der Waals surface area contributed by atoms with Crippen LogP contribution in [0, 0.1) is 46.3 Å². The molecule has 8 atom stereocenters. The first-order valence-electron chi connectivity index (χ1n) is 16.4. The van der Waals surface area contributed by atoms with Crippen molar-refractivity contribution in [3.8, 4) is 0 Å². The Balaban J connectivity index is 1.30. The summed E-state index contributed by atoms with van der Waals surface area (Å²) < 4.78 is 5.85. The zero-order chi connectivity index (χ0) is 28.2. The van der Waals surface area contributed by atoms with E-state index in [2.05, 4.69) is 46.0 Å². The fraction of sp³-hybridized carbons (Fsp3) is 0.882. The molecular formula is C34H57NO4. The molecule has 4 aliphatic carbocycles. The summed E-state index contributed by atoms with van der Waals surface area (Å²) in [5.41, 5.74) is 2.35. The number of hydrogen-bond acceptors (Lipinski definition) is 3. The van der Waals surface area contributed by atoms with E-state index in [9.17, 15) is 9.59 Å². The molecule has 5 nitrogen and oxygen atoms in total. The van der Waals surface area contributed by atoms with Crippen LogP contribution in [0.4, 0.5) is 4.79 Å². The Morgan fingerprint density at radius 2 is 1.79 bits per heavy atom. The average molecular weight is 544 g/mol. The third-order valence-corrected chi connectivity index (χ3v) is 11.9. The number of fused-ring (bicyclic) bond motifs is 5. The first-order chi connectivity index (χ1) is 18.5. The maximum absolute atomic E-state index is 12.4. The topological polar surface area (TPSA) is 75.6 Å². The lowest BCUT2D eigenvalue weighted by Crippen LogP contribution is -2.51. The molecule has 4 rings (SSSR count). The molecule has 222 valence electrons. The van der Waals surface area contributed by atoms with Gasteiger partial charge in [0.05, 0.1) is 0 Å². The molecule has 0 unspecified atom stereocenters. The highest BCUT2D eigenvalue weighted by Gasteiger charge is 2.59. The van der Waals surface area contributed by atoms with Crippen molar-refractivity contribution in [3.63, 3.8) is 0 Å². The largest absolute Gasteiger partial charge is 0.481 e. The van der Waals surface area contributed by atoms with Crippen LogP contribution in [0.25, 0.3) is 0 Å². The van der Waals surface area contributed by atoms with Crippen LogP contribution in [0.2, 0.25) is 0 Å². The van der Waals surface area contributed by atoms with Gasteiger partial charge in [-0.1, -0.05) is 72.0 Å². The maximum atomic E-state index is 12.4. The second-order valence-corrected chi connectivity index (χ2v) is 14.7. The molecule has 0 aromatic rings. The highest BCUT2D eigenvalue weighted by atomic mass is 16.6. The Hall–Kier alpha value is -1.52. The van der Waals surface area contributed by atoms with Crippen molar-refractivity contribution in [2.24, 2.45) is 46.3 Å². The molecule has 0 aromatic heterocycles. The van der Waals surface area contributed by atoms with E-state index in [1.165, 1.54) is 51.4 Å². The van der Waals surface area contributed by atoms with Gasteiger partial charge < -0.3 is 15.2 Å². The molecule has 0 bridgehead atoms. The van der Waals surface area contributed by atoms with Crippen molar-refractivity contribution in [2.75, 3.05) is 6.54 Å². The van der Waals surface area contributed by atoms with Crippen LogP contribution in [0.5, 0.6) is 0 Å². The smallest absolute Gasteiger partial charge is 0.407 e. The van der Waals surface area contributed by atoms with Crippen molar-refractivity contribution in [1.82, 2.24) is 5.32 Å². The maximum Gasteiger partial charge on any atom is 0.407 e. The fourth-order valence-electron chi connectivity index (χ4n) is 9.71. The van der Waals surface area contributed by atoms with Crippen LogP contribution in [0.1, 0.15) is 131 Å². The number of amides is 1. The molecule has 4 aliphatic rings. The van der Waals surface area contributed by atoms with E-state index >= 15 is 0 Å². The lowest BCUT2D eigenvalue weighted by molar-refractivity contribution is -0.137. The summed E-state index contributed by atoms with van der Waals surface area (Å²) >= 11 is 0. The van der Waals surface area contributed by atoms with Gasteiger partial charge in [-0.3, -0.25) is 4.79 Å². The molecule has 3 fully saturated rings. The number of carboxylic acid groups (broad SMARTS) is 1. The van der Waals surface area contributed by atoms with Crippen molar-refractivity contribution in [3.05, 3.63) is 11.6 Å². The van der Waals surface area contributed by atoms with Crippen molar-refractivity contribution >= 4 is 12.1 Å². The predicted molar refractivity (Wildman–Crippen MR) is 157 cm³/mol. The highest BCUT2D eigenvalue weighted by Crippen LogP contribution is 2.67. The molecule has 3 saturated carbocycles. The number of carboxylic acids is 1. The Morgan fingerprint density at radius 3 is 2.54 bits per heavy atom. The molecule has 0 aromatic carbocycles. The molecule has 0 aliphatic heterocycles. The summed E-state index contributed by atoms with van der Waals surface area (Å²) in [4.78, 5) is 23.0. The standard InChI is InChI=1S/C34H57NO4/c1-23(2)10-9-11-24(3)28-15-16-29-27-14-13-25-22-26(39-32(38)35-21-8-6-7-12-31(36)37)17-19-33(25,4)30(27)18-20-34(28,29)5/h13,23-24,26-30H,6-12,14-22H2,1-5H3,(H,35,38)(H,36,37)/t24-,26+,27+,28-,29+,30+,33+,34-/m1/s1. The van der Waals surface area contributed by atoms with Crippen LogP contribution in [-0.4, -0.2) is 29.8 Å². The highest BCUT2D eigenvalue weighted by molar-refractivity contribution is 5.67. The summed E-state index contributed by atoms with van der Waals surface area (Å²) in [7, 11) is 0. The monoisotopic (exact) mass is 543 g/mol. The number of carbonyl (C=O) groups excluding carboxylic acids is 1. The molecule has 1 amide bonds. The van der Waals surface area contributed by atoms with Gasteiger partial charge in [0.15, 0.2) is 0 Å². The Bertz CT molecular complexity index is 882. The minimum atomic E-state index is -0.758. The number of unbranched alkanes of at least 4 members (excludes halogenated alkanes) is 2. The van der Waals surface area contributed by atoms with Crippen LogP contribution in [-0.2, 0) is 9.53 Å². The van der Waals surface area contributed by atoms with E-state index in [-0.39, 0.29) is 24.0 Å². The van der Waals surface area contributed by atoms with E-state index in [4.69, 9.17) is 9.84 Å². The SMILES string of the molecule is CC(C)CCC[C@@H](C)[C@H]1CC[C@H]2[C@@H]3CC=C4C[C@@H](OC(=O)NCCCCCC(=O)O)CC[C@]4(C)[C@H]3CC[C@]12C. The van der Waals surface area contributed by atoms with Crippen LogP contribution in [0.3, 0.4) is 0 Å². The van der Waals surface area contributed by atoms with Gasteiger partial charge in [-0.25, -0.2) is 4.79 Å². The van der Waals surface area contributed by atoms with Gasteiger partial charge in [0.25, 0.3) is 0 Å². The average Bonchev–Trinajstić information content (AvgIpc) is 3.23. The summed E-state index contributed by atoms with van der Waals surface area (Å²) in [5, 5.41) is 11.6. The Kier molecular flexibility index (Phi) is 10.1.